The number of carbonyl (C=O) groups is 2. The maximum atomic E-state index is 14.2. The molecular weight excluding hydrogens is 642 g/mol. The third-order valence-corrected chi connectivity index (χ3v) is 10.2. The number of rotatable bonds is 9. The van der Waals surface area contributed by atoms with Crippen molar-refractivity contribution < 1.29 is 14.3 Å². The fraction of sp³-hybridized carbons (Fsp3) is 0.385. The van der Waals surface area contributed by atoms with E-state index < -0.39 is 5.41 Å². The predicted molar refractivity (Wildman–Crippen MR) is 197 cm³/mol. The Morgan fingerprint density at radius 2 is 1.82 bits per heavy atom. The second-order valence-electron chi connectivity index (χ2n) is 14.1. The number of ether oxygens (including phenoxy) is 1. The van der Waals surface area contributed by atoms with Gasteiger partial charge in [0.2, 0.25) is 17.7 Å². The smallest absolute Gasteiger partial charge is 0.237 e. The molecule has 3 N–H and O–H groups in total. The third-order valence-electron chi connectivity index (χ3n) is 10.2. The van der Waals surface area contributed by atoms with E-state index in [4.69, 9.17) is 15.9 Å². The first-order valence-corrected chi connectivity index (χ1v) is 17.7. The highest BCUT2D eigenvalue weighted by molar-refractivity contribution is 6.14. The number of nitrogens with one attached hydrogen (secondary N) is 1. The van der Waals surface area contributed by atoms with Gasteiger partial charge in [0.05, 0.1) is 23.8 Å². The van der Waals surface area contributed by atoms with Crippen molar-refractivity contribution in [1.29, 1.82) is 5.41 Å². The maximum absolute atomic E-state index is 14.2. The van der Waals surface area contributed by atoms with E-state index >= 15 is 0 Å². The van der Waals surface area contributed by atoms with Crippen LogP contribution in [0.3, 0.4) is 0 Å². The van der Waals surface area contributed by atoms with Crippen LogP contribution in [0.4, 0.5) is 11.4 Å². The molecule has 12 nitrogen and oxygen atoms in total. The summed E-state index contributed by atoms with van der Waals surface area (Å²) in [4.78, 5) is 42.2. The average molecular weight is 688 g/mol. The molecule has 0 bridgehead atoms. The van der Waals surface area contributed by atoms with Crippen LogP contribution in [0.2, 0.25) is 0 Å². The summed E-state index contributed by atoms with van der Waals surface area (Å²) in [5.41, 5.74) is 11.8. The van der Waals surface area contributed by atoms with E-state index in [-0.39, 0.29) is 23.6 Å². The number of aromatic nitrogens is 4. The number of anilines is 2. The summed E-state index contributed by atoms with van der Waals surface area (Å²) >= 11 is 0. The molecule has 2 saturated heterocycles. The van der Waals surface area contributed by atoms with Crippen molar-refractivity contribution in [2.45, 2.75) is 45.6 Å². The second kappa shape index (κ2) is 14.1. The highest BCUT2D eigenvalue weighted by Crippen LogP contribution is 2.42. The van der Waals surface area contributed by atoms with E-state index in [9.17, 15) is 9.59 Å². The van der Waals surface area contributed by atoms with Crippen LogP contribution in [0.25, 0.3) is 17.0 Å². The Kier molecular flexibility index (Phi) is 9.43. The van der Waals surface area contributed by atoms with E-state index in [1.807, 2.05) is 55.0 Å². The Morgan fingerprint density at radius 1 is 1.02 bits per heavy atom. The molecule has 2 fully saturated rings. The normalized spacial score (nSPS) is 19.5. The van der Waals surface area contributed by atoms with Gasteiger partial charge in [-0.1, -0.05) is 30.3 Å². The first-order chi connectivity index (χ1) is 24.6. The van der Waals surface area contributed by atoms with Crippen molar-refractivity contribution in [3.8, 4) is 17.3 Å². The van der Waals surface area contributed by atoms with Gasteiger partial charge in [0, 0.05) is 73.6 Å². The first-order valence-electron chi connectivity index (χ1n) is 17.7. The van der Waals surface area contributed by atoms with Gasteiger partial charge < -0.3 is 20.3 Å². The van der Waals surface area contributed by atoms with E-state index in [0.717, 1.165) is 42.5 Å². The van der Waals surface area contributed by atoms with E-state index in [1.165, 1.54) is 5.57 Å². The molecule has 0 aliphatic carbocycles. The van der Waals surface area contributed by atoms with Gasteiger partial charge in [-0.05, 0) is 81.5 Å². The van der Waals surface area contributed by atoms with E-state index in [1.54, 1.807) is 35.4 Å². The molecule has 1 spiro atoms. The van der Waals surface area contributed by atoms with Gasteiger partial charge in [0.25, 0.3) is 0 Å². The number of nitrogens with zero attached hydrogens (tertiary/aromatic N) is 7. The van der Waals surface area contributed by atoms with Crippen LogP contribution in [0.15, 0.2) is 73.2 Å². The summed E-state index contributed by atoms with van der Waals surface area (Å²) < 4.78 is 7.34. The summed E-state index contributed by atoms with van der Waals surface area (Å²) in [6.45, 7) is 7.29. The van der Waals surface area contributed by atoms with Crippen molar-refractivity contribution in [3.05, 3.63) is 89.9 Å². The largest absolute Gasteiger partial charge is 0.475 e. The number of likely N-dealkylation sites (tertiary alicyclic amines) is 1. The molecular formula is C39H45N9O3. The Balaban J connectivity index is 0.967. The van der Waals surface area contributed by atoms with E-state index in [0.29, 0.717) is 67.8 Å². The molecule has 2 aromatic carbocycles. The quantitative estimate of drug-likeness (QED) is 0.189. The van der Waals surface area contributed by atoms with Crippen LogP contribution in [0, 0.1) is 10.8 Å². The van der Waals surface area contributed by atoms with Crippen molar-refractivity contribution in [2.24, 2.45) is 12.5 Å². The number of carbonyl (C=O) groups excluding carboxylic acids is 2. The van der Waals surface area contributed by atoms with Crippen LogP contribution in [0.1, 0.15) is 56.2 Å². The van der Waals surface area contributed by atoms with Crippen LogP contribution >= 0.6 is 0 Å². The maximum Gasteiger partial charge on any atom is 0.237 e. The van der Waals surface area contributed by atoms with Crippen molar-refractivity contribution in [1.82, 2.24) is 29.5 Å². The molecule has 0 radical (unpaired) electrons. The highest BCUT2D eigenvalue weighted by atomic mass is 16.5. The molecule has 7 rings (SSSR count). The lowest BCUT2D eigenvalue weighted by atomic mass is 9.78. The Morgan fingerprint density at radius 3 is 2.51 bits per heavy atom. The fourth-order valence-corrected chi connectivity index (χ4v) is 7.47. The Bertz CT molecular complexity index is 1970. The minimum Gasteiger partial charge on any atom is -0.475 e. The van der Waals surface area contributed by atoms with Crippen molar-refractivity contribution in [3.63, 3.8) is 0 Å². The number of aryl methyl sites for hydroxylation is 1. The number of benzene rings is 2. The van der Waals surface area contributed by atoms with Gasteiger partial charge >= 0.3 is 0 Å². The van der Waals surface area contributed by atoms with Crippen LogP contribution in [-0.2, 0) is 16.6 Å². The van der Waals surface area contributed by atoms with E-state index in [2.05, 4.69) is 38.2 Å². The zero-order valence-corrected chi connectivity index (χ0v) is 29.5. The number of hydrogen-bond acceptors (Lipinski definition) is 9. The molecule has 3 aliphatic rings. The molecule has 1 atom stereocenters. The SMILES string of the molecule is CC(C)Oc1ccc(C(=N)c2cc(N3CCCC4(CCN(CC(=O)N5CC=C(c6ccc(-c7ncn(C)n7)cc6)CC5)C4)C3=O)ccc2N)cn1. The van der Waals surface area contributed by atoms with Crippen molar-refractivity contribution >= 4 is 34.5 Å². The van der Waals surface area contributed by atoms with Gasteiger partial charge in [-0.2, -0.15) is 5.10 Å². The second-order valence-corrected chi connectivity index (χ2v) is 14.1. The van der Waals surface area contributed by atoms with Crippen molar-refractivity contribution in [2.75, 3.05) is 49.9 Å². The Labute approximate surface area is 298 Å². The molecule has 0 saturated carbocycles. The lowest BCUT2D eigenvalue weighted by molar-refractivity contribution is -0.133. The number of piperidine rings is 1. The topological polar surface area (TPSA) is 147 Å². The monoisotopic (exact) mass is 687 g/mol. The fourth-order valence-electron chi connectivity index (χ4n) is 7.47. The number of hydrogen-bond donors (Lipinski definition) is 2. The van der Waals surface area contributed by atoms with Gasteiger partial charge in [-0.15, -0.1) is 0 Å². The Hall–Kier alpha value is -5.36. The summed E-state index contributed by atoms with van der Waals surface area (Å²) in [5, 5.41) is 13.3. The van der Waals surface area contributed by atoms with Crippen LogP contribution < -0.4 is 15.4 Å². The summed E-state index contributed by atoms with van der Waals surface area (Å²) in [6.07, 6.45) is 8.63. The predicted octanol–water partition coefficient (Wildman–Crippen LogP) is 4.80. The number of nitrogens with two attached hydrogens (primary N) is 1. The first kappa shape index (κ1) is 34.1. The molecule has 3 aliphatic heterocycles. The molecule has 4 aromatic rings. The number of amides is 2. The minimum atomic E-state index is -0.532. The molecule has 1 unspecified atom stereocenters. The standard InChI is InChI=1S/C39H45N9O3/c1-26(2)51-34-12-9-30(22-42-34)36(41)32-21-31(10-11-33(32)40)48-17-4-15-39(38(48)50)16-20-46(24-39)23-35(49)47-18-13-28(14-19-47)27-5-7-29(8-6-27)37-43-25-45(3)44-37/h5-13,21-22,25-26,41H,4,14-20,23-24,40H2,1-3H3. The lowest BCUT2D eigenvalue weighted by Crippen LogP contribution is -2.51. The van der Waals surface area contributed by atoms with Crippen LogP contribution in [0.5, 0.6) is 5.88 Å². The number of pyridine rings is 1. The molecule has 264 valence electrons. The number of nitrogen functional groups attached to an aromatic ring is 1. The minimum absolute atomic E-state index is 0.00105. The van der Waals surface area contributed by atoms with Crippen LogP contribution in [-0.4, -0.2) is 92.4 Å². The van der Waals surface area contributed by atoms with Gasteiger partial charge in [0.1, 0.15) is 6.33 Å². The summed E-state index contributed by atoms with van der Waals surface area (Å²) in [6, 6.07) is 17.3. The molecule has 2 aromatic heterocycles. The molecule has 51 heavy (non-hydrogen) atoms. The molecule has 12 heteroatoms. The lowest BCUT2D eigenvalue weighted by Gasteiger charge is -2.39. The summed E-state index contributed by atoms with van der Waals surface area (Å²) in [7, 11) is 1.85. The van der Waals surface area contributed by atoms with Gasteiger partial charge in [-0.25, -0.2) is 9.97 Å². The zero-order chi connectivity index (χ0) is 35.7. The van der Waals surface area contributed by atoms with Gasteiger partial charge in [0.15, 0.2) is 5.82 Å². The highest BCUT2D eigenvalue weighted by Gasteiger charge is 2.49. The summed E-state index contributed by atoms with van der Waals surface area (Å²) in [5.74, 6) is 1.38. The van der Waals surface area contributed by atoms with Gasteiger partial charge in [-0.3, -0.25) is 24.6 Å². The molecule has 2 amide bonds. The zero-order valence-electron chi connectivity index (χ0n) is 29.5. The average Bonchev–Trinajstić information content (AvgIpc) is 3.76. The molecule has 5 heterocycles. The third kappa shape index (κ3) is 7.14.